The second-order valence-electron chi connectivity index (χ2n) is 5.19. The van der Waals surface area contributed by atoms with Crippen molar-refractivity contribution in [2.24, 2.45) is 0 Å². The SMILES string of the molecule is CCCn1cc(NS(=O)(=O)CC(C)c2ccccc2)cn1. The van der Waals surface area contributed by atoms with Gasteiger partial charge in [-0.25, -0.2) is 8.42 Å². The molecule has 1 aromatic heterocycles. The van der Waals surface area contributed by atoms with Crippen LogP contribution in [0.15, 0.2) is 42.7 Å². The van der Waals surface area contributed by atoms with Gasteiger partial charge in [-0.15, -0.1) is 0 Å². The van der Waals surface area contributed by atoms with Gasteiger partial charge in [0, 0.05) is 12.7 Å². The fraction of sp³-hybridized carbons (Fsp3) is 0.400. The van der Waals surface area contributed by atoms with E-state index < -0.39 is 10.0 Å². The van der Waals surface area contributed by atoms with Crippen molar-refractivity contribution >= 4 is 15.7 Å². The summed E-state index contributed by atoms with van der Waals surface area (Å²) in [6, 6.07) is 9.64. The van der Waals surface area contributed by atoms with Gasteiger partial charge >= 0.3 is 0 Å². The lowest BCUT2D eigenvalue weighted by Gasteiger charge is -2.13. The van der Waals surface area contributed by atoms with Crippen molar-refractivity contribution in [1.29, 1.82) is 0 Å². The van der Waals surface area contributed by atoms with Crippen LogP contribution in [0.5, 0.6) is 0 Å². The van der Waals surface area contributed by atoms with Crippen LogP contribution in [-0.2, 0) is 16.6 Å². The van der Waals surface area contributed by atoms with Crippen LogP contribution < -0.4 is 4.72 Å². The molecule has 1 unspecified atom stereocenters. The molecule has 0 spiro atoms. The molecule has 21 heavy (non-hydrogen) atoms. The molecular formula is C15H21N3O2S. The van der Waals surface area contributed by atoms with E-state index in [1.54, 1.807) is 17.1 Å². The maximum absolute atomic E-state index is 12.2. The van der Waals surface area contributed by atoms with Crippen molar-refractivity contribution in [2.75, 3.05) is 10.5 Å². The lowest BCUT2D eigenvalue weighted by Crippen LogP contribution is -2.20. The standard InChI is InChI=1S/C15H21N3O2S/c1-3-9-18-11-15(10-16-18)17-21(19,20)12-13(2)14-7-5-4-6-8-14/h4-8,10-11,13,17H,3,9,12H2,1-2H3. The Balaban J connectivity index is 2.01. The van der Waals surface area contributed by atoms with Crippen molar-refractivity contribution < 1.29 is 8.42 Å². The number of benzene rings is 1. The maximum atomic E-state index is 12.2. The van der Waals surface area contributed by atoms with Crippen LogP contribution in [0.1, 0.15) is 31.7 Å². The maximum Gasteiger partial charge on any atom is 0.233 e. The number of aryl methyl sites for hydroxylation is 1. The average molecular weight is 307 g/mol. The molecule has 0 saturated heterocycles. The number of nitrogens with zero attached hydrogens (tertiary/aromatic N) is 2. The Kier molecular flexibility index (Phi) is 5.01. The summed E-state index contributed by atoms with van der Waals surface area (Å²) in [6.07, 6.45) is 4.22. The zero-order valence-electron chi connectivity index (χ0n) is 12.4. The minimum Gasteiger partial charge on any atom is -0.280 e. The summed E-state index contributed by atoms with van der Waals surface area (Å²) in [5.41, 5.74) is 1.54. The first-order valence-electron chi connectivity index (χ1n) is 7.08. The molecule has 0 amide bonds. The van der Waals surface area contributed by atoms with Crippen LogP contribution >= 0.6 is 0 Å². The Morgan fingerprint density at radius 2 is 2.00 bits per heavy atom. The van der Waals surface area contributed by atoms with Gasteiger partial charge in [-0.1, -0.05) is 44.2 Å². The third-order valence-electron chi connectivity index (χ3n) is 3.20. The van der Waals surface area contributed by atoms with Crippen LogP contribution in [-0.4, -0.2) is 24.0 Å². The summed E-state index contributed by atoms with van der Waals surface area (Å²) in [7, 11) is -3.39. The number of hydrogen-bond donors (Lipinski definition) is 1. The molecule has 5 nitrogen and oxygen atoms in total. The van der Waals surface area contributed by atoms with Crippen molar-refractivity contribution in [2.45, 2.75) is 32.7 Å². The van der Waals surface area contributed by atoms with E-state index in [9.17, 15) is 8.42 Å². The number of sulfonamides is 1. The lowest BCUT2D eigenvalue weighted by atomic mass is 10.0. The van der Waals surface area contributed by atoms with Crippen LogP contribution in [0.4, 0.5) is 5.69 Å². The Morgan fingerprint density at radius 3 is 2.67 bits per heavy atom. The first-order chi connectivity index (χ1) is 10.00. The highest BCUT2D eigenvalue weighted by Gasteiger charge is 2.17. The van der Waals surface area contributed by atoms with Gasteiger partial charge in [0.1, 0.15) is 0 Å². The average Bonchev–Trinajstić information content (AvgIpc) is 2.86. The molecule has 1 heterocycles. The Bertz CT molecular complexity index is 665. The third-order valence-corrected chi connectivity index (χ3v) is 4.68. The summed E-state index contributed by atoms with van der Waals surface area (Å²) in [5, 5.41) is 4.12. The van der Waals surface area contributed by atoms with Crippen LogP contribution in [0.25, 0.3) is 0 Å². The molecule has 1 aromatic carbocycles. The topological polar surface area (TPSA) is 64.0 Å². The Hall–Kier alpha value is -1.82. The molecule has 114 valence electrons. The highest BCUT2D eigenvalue weighted by atomic mass is 32.2. The van der Waals surface area contributed by atoms with E-state index in [0.29, 0.717) is 5.69 Å². The highest BCUT2D eigenvalue weighted by Crippen LogP contribution is 2.18. The number of rotatable bonds is 7. The summed E-state index contributed by atoms with van der Waals surface area (Å²) in [6.45, 7) is 4.74. The molecule has 2 rings (SSSR count). The quantitative estimate of drug-likeness (QED) is 0.855. The largest absolute Gasteiger partial charge is 0.280 e. The molecule has 0 saturated carbocycles. The van der Waals surface area contributed by atoms with E-state index in [-0.39, 0.29) is 11.7 Å². The molecule has 0 aliphatic rings. The zero-order chi connectivity index (χ0) is 15.3. The number of aromatic nitrogens is 2. The predicted molar refractivity (Wildman–Crippen MR) is 84.8 cm³/mol. The molecule has 0 aliphatic heterocycles. The predicted octanol–water partition coefficient (Wildman–Crippen LogP) is 2.84. The van der Waals surface area contributed by atoms with Crippen LogP contribution in [0.3, 0.4) is 0 Å². The number of hydrogen-bond acceptors (Lipinski definition) is 3. The summed E-state index contributed by atoms with van der Waals surface area (Å²) < 4.78 is 28.7. The fourth-order valence-corrected chi connectivity index (χ4v) is 3.59. The van der Waals surface area contributed by atoms with E-state index in [1.807, 2.05) is 44.2 Å². The van der Waals surface area contributed by atoms with Gasteiger partial charge in [0.2, 0.25) is 10.0 Å². The minimum atomic E-state index is -3.39. The monoisotopic (exact) mass is 307 g/mol. The van der Waals surface area contributed by atoms with E-state index in [1.165, 1.54) is 0 Å². The van der Waals surface area contributed by atoms with Gasteiger partial charge in [-0.05, 0) is 17.9 Å². The molecule has 6 heteroatoms. The smallest absolute Gasteiger partial charge is 0.233 e. The van der Waals surface area contributed by atoms with E-state index in [0.717, 1.165) is 18.5 Å². The van der Waals surface area contributed by atoms with Gasteiger partial charge in [-0.3, -0.25) is 9.40 Å². The molecule has 0 radical (unpaired) electrons. The van der Waals surface area contributed by atoms with E-state index in [2.05, 4.69) is 9.82 Å². The second-order valence-corrected chi connectivity index (χ2v) is 6.95. The fourth-order valence-electron chi connectivity index (χ4n) is 2.20. The van der Waals surface area contributed by atoms with Gasteiger partial charge in [0.05, 0.1) is 17.6 Å². The molecule has 0 aliphatic carbocycles. The van der Waals surface area contributed by atoms with Crippen molar-refractivity contribution in [3.05, 3.63) is 48.3 Å². The van der Waals surface area contributed by atoms with E-state index in [4.69, 9.17) is 0 Å². The number of anilines is 1. The highest BCUT2D eigenvalue weighted by molar-refractivity contribution is 7.92. The molecule has 1 atom stereocenters. The molecular weight excluding hydrogens is 286 g/mol. The first-order valence-corrected chi connectivity index (χ1v) is 8.73. The first kappa shape index (κ1) is 15.6. The molecule has 2 aromatic rings. The molecule has 0 fully saturated rings. The van der Waals surface area contributed by atoms with Gasteiger partial charge in [0.25, 0.3) is 0 Å². The molecule has 1 N–H and O–H groups in total. The van der Waals surface area contributed by atoms with Crippen LogP contribution in [0.2, 0.25) is 0 Å². The Labute approximate surface area is 126 Å². The third kappa shape index (κ3) is 4.60. The lowest BCUT2D eigenvalue weighted by molar-refractivity contribution is 0.595. The van der Waals surface area contributed by atoms with E-state index >= 15 is 0 Å². The van der Waals surface area contributed by atoms with Gasteiger partial charge in [0.15, 0.2) is 0 Å². The summed E-state index contributed by atoms with van der Waals surface area (Å²) in [5.74, 6) is -0.00919. The minimum absolute atomic E-state index is 0.0516. The van der Waals surface area contributed by atoms with Gasteiger partial charge < -0.3 is 0 Å². The van der Waals surface area contributed by atoms with Crippen molar-refractivity contribution in [1.82, 2.24) is 9.78 Å². The second kappa shape index (κ2) is 6.76. The summed E-state index contributed by atoms with van der Waals surface area (Å²) >= 11 is 0. The van der Waals surface area contributed by atoms with Crippen molar-refractivity contribution in [3.8, 4) is 0 Å². The number of nitrogens with one attached hydrogen (secondary N) is 1. The van der Waals surface area contributed by atoms with Gasteiger partial charge in [-0.2, -0.15) is 5.10 Å². The Morgan fingerprint density at radius 1 is 1.29 bits per heavy atom. The molecule has 0 bridgehead atoms. The summed E-state index contributed by atoms with van der Waals surface area (Å²) in [4.78, 5) is 0. The zero-order valence-corrected chi connectivity index (χ0v) is 13.2. The normalized spacial score (nSPS) is 13.0. The van der Waals surface area contributed by atoms with Crippen LogP contribution in [0, 0.1) is 0 Å². The van der Waals surface area contributed by atoms with Crippen molar-refractivity contribution in [3.63, 3.8) is 0 Å².